The van der Waals surface area contributed by atoms with Crippen LogP contribution in [0.2, 0.25) is 0 Å². The third kappa shape index (κ3) is 4.52. The van der Waals surface area contributed by atoms with Crippen LogP contribution in [-0.4, -0.2) is 35.0 Å². The first-order chi connectivity index (χ1) is 16.3. The summed E-state index contributed by atoms with van der Waals surface area (Å²) in [6.07, 6.45) is 9.67. The molecule has 1 aromatic carbocycles. The molecule has 4 rings (SSSR count). The normalized spacial score (nSPS) is 17.6. The molecule has 2 aromatic rings. The Bertz CT molecular complexity index is 1230. The zero-order valence-corrected chi connectivity index (χ0v) is 20.9. The molecule has 2 heterocycles. The zero-order chi connectivity index (χ0) is 24.4. The molecule has 1 aliphatic carbocycles. The average molecular weight is 459 g/mol. The number of ether oxygens (including phenoxy) is 1. The highest BCUT2D eigenvalue weighted by Gasteiger charge is 2.37. The number of aromatic nitrogens is 1. The van der Waals surface area contributed by atoms with Gasteiger partial charge in [-0.15, -0.1) is 0 Å². The Kier molecular flexibility index (Phi) is 6.92. The van der Waals surface area contributed by atoms with Crippen LogP contribution in [0.25, 0.3) is 11.8 Å². The smallest absolute Gasteiger partial charge is 0.340 e. The van der Waals surface area contributed by atoms with E-state index >= 15 is 0 Å². The van der Waals surface area contributed by atoms with Crippen molar-refractivity contribution in [2.45, 2.75) is 59.8 Å². The van der Waals surface area contributed by atoms with Gasteiger partial charge in [0.05, 0.1) is 18.3 Å². The van der Waals surface area contributed by atoms with Gasteiger partial charge in [-0.25, -0.2) is 4.79 Å². The summed E-state index contributed by atoms with van der Waals surface area (Å²) >= 11 is 0. The van der Waals surface area contributed by atoms with Crippen molar-refractivity contribution < 1.29 is 14.3 Å². The van der Waals surface area contributed by atoms with E-state index in [0.29, 0.717) is 23.4 Å². The minimum absolute atomic E-state index is 0.130. The summed E-state index contributed by atoms with van der Waals surface area (Å²) in [4.78, 5) is 28.0. The standard InChI is InChI=1S/C29H34N2O3/c1-19-10-9-13-25(16-19)31-20(2)17-24(21(31)3)18-26-27(29(33)34-5)22(4)30(28(26)32)15-14-23-11-7-6-8-12-23/h9-11,13,16-18H,6-8,12,14-15H2,1-5H3. The fraction of sp³-hybridized carbons (Fsp3) is 0.379. The average Bonchev–Trinajstić information content (AvgIpc) is 3.24. The minimum atomic E-state index is -0.469. The van der Waals surface area contributed by atoms with E-state index in [9.17, 15) is 9.59 Å². The highest BCUT2D eigenvalue weighted by atomic mass is 16.5. The van der Waals surface area contributed by atoms with Gasteiger partial charge in [-0.2, -0.15) is 0 Å². The molecule has 0 saturated heterocycles. The Labute approximate surface area is 202 Å². The van der Waals surface area contributed by atoms with E-state index in [1.165, 1.54) is 31.1 Å². The molecule has 2 aliphatic rings. The zero-order valence-electron chi connectivity index (χ0n) is 20.9. The van der Waals surface area contributed by atoms with Gasteiger partial charge in [0, 0.05) is 29.3 Å². The monoisotopic (exact) mass is 458 g/mol. The van der Waals surface area contributed by atoms with E-state index in [4.69, 9.17) is 4.74 Å². The Morgan fingerprint density at radius 3 is 2.59 bits per heavy atom. The molecule has 0 radical (unpaired) electrons. The molecular formula is C29H34N2O3. The molecule has 0 unspecified atom stereocenters. The molecule has 0 N–H and O–H groups in total. The van der Waals surface area contributed by atoms with E-state index in [1.807, 2.05) is 26.0 Å². The van der Waals surface area contributed by atoms with Gasteiger partial charge >= 0.3 is 5.97 Å². The van der Waals surface area contributed by atoms with Gasteiger partial charge in [-0.1, -0.05) is 23.8 Å². The molecule has 0 fully saturated rings. The van der Waals surface area contributed by atoms with E-state index < -0.39 is 5.97 Å². The van der Waals surface area contributed by atoms with E-state index in [0.717, 1.165) is 41.9 Å². The molecule has 5 heteroatoms. The van der Waals surface area contributed by atoms with Gasteiger partial charge in [0.1, 0.15) is 0 Å². The second-order valence-electron chi connectivity index (χ2n) is 9.33. The lowest BCUT2D eigenvalue weighted by atomic mass is 9.97. The van der Waals surface area contributed by atoms with Crippen LogP contribution in [0.3, 0.4) is 0 Å². The number of carbonyl (C=O) groups excluding carboxylic acids is 2. The first-order valence-corrected chi connectivity index (χ1v) is 12.1. The van der Waals surface area contributed by atoms with Crippen molar-refractivity contribution >= 4 is 18.0 Å². The fourth-order valence-electron chi connectivity index (χ4n) is 5.14. The number of methoxy groups -OCH3 is 1. The molecule has 0 saturated carbocycles. The molecule has 1 amide bonds. The third-order valence-electron chi connectivity index (χ3n) is 6.97. The molecule has 1 aliphatic heterocycles. The molecule has 178 valence electrons. The Morgan fingerprint density at radius 1 is 1.12 bits per heavy atom. The maximum Gasteiger partial charge on any atom is 0.340 e. The van der Waals surface area contributed by atoms with E-state index in [-0.39, 0.29) is 5.91 Å². The van der Waals surface area contributed by atoms with Gasteiger partial charge in [-0.05, 0) is 95.2 Å². The van der Waals surface area contributed by atoms with Crippen molar-refractivity contribution in [3.05, 3.63) is 81.3 Å². The van der Waals surface area contributed by atoms with Crippen LogP contribution in [0.15, 0.2) is 58.8 Å². The number of rotatable bonds is 6. The highest BCUT2D eigenvalue weighted by molar-refractivity contribution is 6.16. The van der Waals surface area contributed by atoms with Crippen LogP contribution in [0.5, 0.6) is 0 Å². The predicted octanol–water partition coefficient (Wildman–Crippen LogP) is 5.97. The van der Waals surface area contributed by atoms with Crippen molar-refractivity contribution in [2.75, 3.05) is 13.7 Å². The van der Waals surface area contributed by atoms with Gasteiger partial charge in [-0.3, -0.25) is 4.79 Å². The number of hydrogen-bond donors (Lipinski definition) is 0. The number of carbonyl (C=O) groups is 2. The van der Waals surface area contributed by atoms with Gasteiger partial charge in [0.2, 0.25) is 0 Å². The number of nitrogens with zero attached hydrogens (tertiary/aromatic N) is 2. The SMILES string of the molecule is COC(=O)C1=C(C)N(CCC2=CCCCC2)C(=O)C1=Cc1cc(C)n(-c2cccc(C)c2)c1C. The van der Waals surface area contributed by atoms with Crippen LogP contribution >= 0.6 is 0 Å². The lowest BCUT2D eigenvalue weighted by Crippen LogP contribution is -2.26. The molecule has 34 heavy (non-hydrogen) atoms. The summed E-state index contributed by atoms with van der Waals surface area (Å²) in [5.74, 6) is -0.598. The number of amides is 1. The van der Waals surface area contributed by atoms with Crippen LogP contribution in [-0.2, 0) is 14.3 Å². The maximum atomic E-state index is 13.5. The number of hydrogen-bond acceptors (Lipinski definition) is 3. The Morgan fingerprint density at radius 2 is 1.91 bits per heavy atom. The lowest BCUT2D eigenvalue weighted by molar-refractivity contribution is -0.136. The van der Waals surface area contributed by atoms with Gasteiger partial charge in [0.25, 0.3) is 5.91 Å². The van der Waals surface area contributed by atoms with Crippen LogP contribution in [0.4, 0.5) is 0 Å². The Hall–Kier alpha value is -3.34. The van der Waals surface area contributed by atoms with Crippen molar-refractivity contribution in [3.63, 3.8) is 0 Å². The molecular weight excluding hydrogens is 424 g/mol. The predicted molar refractivity (Wildman–Crippen MR) is 136 cm³/mol. The second-order valence-corrected chi connectivity index (χ2v) is 9.33. The molecule has 0 spiro atoms. The largest absolute Gasteiger partial charge is 0.465 e. The quantitative estimate of drug-likeness (QED) is 0.305. The van der Waals surface area contributed by atoms with Crippen LogP contribution < -0.4 is 0 Å². The number of aryl methyl sites for hydroxylation is 2. The topological polar surface area (TPSA) is 51.5 Å². The highest BCUT2D eigenvalue weighted by Crippen LogP contribution is 2.34. The molecule has 5 nitrogen and oxygen atoms in total. The van der Waals surface area contributed by atoms with Gasteiger partial charge in [0.15, 0.2) is 0 Å². The summed E-state index contributed by atoms with van der Waals surface area (Å²) in [7, 11) is 1.36. The minimum Gasteiger partial charge on any atom is -0.465 e. The third-order valence-corrected chi connectivity index (χ3v) is 6.97. The van der Waals surface area contributed by atoms with Crippen LogP contribution in [0, 0.1) is 20.8 Å². The number of allylic oxidation sites excluding steroid dienone is 2. The molecule has 0 bridgehead atoms. The van der Waals surface area contributed by atoms with Crippen molar-refractivity contribution in [3.8, 4) is 5.69 Å². The molecule has 0 atom stereocenters. The Balaban J connectivity index is 1.70. The lowest BCUT2D eigenvalue weighted by Gasteiger charge is -2.20. The number of benzene rings is 1. The van der Waals surface area contributed by atoms with Crippen LogP contribution in [0.1, 0.15) is 61.5 Å². The summed E-state index contributed by atoms with van der Waals surface area (Å²) in [6, 6.07) is 10.4. The van der Waals surface area contributed by atoms with Crippen molar-refractivity contribution in [2.24, 2.45) is 0 Å². The first kappa shape index (κ1) is 23.8. The number of esters is 1. The van der Waals surface area contributed by atoms with Gasteiger partial charge < -0.3 is 14.2 Å². The van der Waals surface area contributed by atoms with E-state index in [1.54, 1.807) is 4.90 Å². The maximum absolute atomic E-state index is 13.5. The van der Waals surface area contributed by atoms with E-state index in [2.05, 4.69) is 48.8 Å². The molecule has 1 aromatic heterocycles. The summed E-state index contributed by atoms with van der Waals surface area (Å²) in [5, 5.41) is 0. The summed E-state index contributed by atoms with van der Waals surface area (Å²) in [6.45, 7) is 8.60. The van der Waals surface area contributed by atoms with Crippen molar-refractivity contribution in [1.29, 1.82) is 0 Å². The summed E-state index contributed by atoms with van der Waals surface area (Å²) in [5.41, 5.74) is 8.15. The van der Waals surface area contributed by atoms with Crippen molar-refractivity contribution in [1.82, 2.24) is 9.47 Å². The second kappa shape index (κ2) is 9.88. The first-order valence-electron chi connectivity index (χ1n) is 12.1. The fourth-order valence-corrected chi connectivity index (χ4v) is 5.14. The summed E-state index contributed by atoms with van der Waals surface area (Å²) < 4.78 is 7.25.